The number of para-hydroxylation sites is 1. The number of carboxylic acid groups (broad SMARTS) is 1. The van der Waals surface area contributed by atoms with Crippen molar-refractivity contribution >= 4 is 5.97 Å². The van der Waals surface area contributed by atoms with Gasteiger partial charge in [-0.15, -0.1) is 0 Å². The van der Waals surface area contributed by atoms with Crippen LogP contribution in [0.25, 0.3) is 0 Å². The molecule has 2 aromatic carbocycles. The fraction of sp³-hybridized carbons (Fsp3) is 0.350. The quantitative estimate of drug-likeness (QED) is 0.913. The van der Waals surface area contributed by atoms with E-state index in [-0.39, 0.29) is 12.0 Å². The molecule has 0 spiro atoms. The van der Waals surface area contributed by atoms with Crippen LogP contribution in [0, 0.1) is 5.92 Å². The lowest BCUT2D eigenvalue weighted by Crippen LogP contribution is -2.41. The summed E-state index contributed by atoms with van der Waals surface area (Å²) in [7, 11) is 1.68. The second-order valence-corrected chi connectivity index (χ2v) is 6.23. The van der Waals surface area contributed by atoms with Crippen LogP contribution in [0.3, 0.4) is 0 Å². The fourth-order valence-corrected chi connectivity index (χ4v) is 3.56. The van der Waals surface area contributed by atoms with Crippen molar-refractivity contribution in [2.75, 3.05) is 20.2 Å². The Kier molecular flexibility index (Phi) is 5.16. The number of carbonyl (C=O) groups is 1. The molecule has 0 aliphatic carbocycles. The summed E-state index contributed by atoms with van der Waals surface area (Å²) in [6, 6.07) is 18.2. The Bertz CT molecular complexity index is 686. The van der Waals surface area contributed by atoms with Crippen molar-refractivity contribution in [1.29, 1.82) is 0 Å². The molecule has 1 fully saturated rings. The number of hydrogen-bond acceptors (Lipinski definition) is 3. The van der Waals surface area contributed by atoms with E-state index in [1.54, 1.807) is 7.11 Å². The number of ether oxygens (including phenoxy) is 1. The lowest BCUT2D eigenvalue weighted by atomic mass is 9.91. The summed E-state index contributed by atoms with van der Waals surface area (Å²) in [5, 5.41) is 9.43. The Morgan fingerprint density at radius 2 is 1.88 bits per heavy atom. The minimum atomic E-state index is -0.702. The molecule has 2 unspecified atom stereocenters. The number of rotatable bonds is 5. The lowest BCUT2D eigenvalue weighted by Gasteiger charge is -2.38. The first-order chi connectivity index (χ1) is 11.7. The first kappa shape index (κ1) is 16.5. The van der Waals surface area contributed by atoms with Crippen LogP contribution in [-0.2, 0) is 4.79 Å². The predicted octanol–water partition coefficient (Wildman–Crippen LogP) is 3.58. The van der Waals surface area contributed by atoms with Gasteiger partial charge >= 0.3 is 5.97 Å². The summed E-state index contributed by atoms with van der Waals surface area (Å²) in [5.41, 5.74) is 2.24. The van der Waals surface area contributed by atoms with Crippen LogP contribution in [-0.4, -0.2) is 36.2 Å². The van der Waals surface area contributed by atoms with E-state index >= 15 is 0 Å². The maximum Gasteiger partial charge on any atom is 0.307 e. The van der Waals surface area contributed by atoms with E-state index < -0.39 is 5.97 Å². The van der Waals surface area contributed by atoms with Crippen molar-refractivity contribution in [1.82, 2.24) is 4.90 Å². The highest BCUT2D eigenvalue weighted by Crippen LogP contribution is 2.36. The number of likely N-dealkylation sites (tertiary alicyclic amines) is 1. The molecular weight excluding hydrogens is 302 g/mol. The number of nitrogens with zero attached hydrogens (tertiary/aromatic N) is 1. The Morgan fingerprint density at radius 3 is 2.58 bits per heavy atom. The molecule has 1 saturated heterocycles. The average molecular weight is 325 g/mol. The molecule has 0 bridgehead atoms. The van der Waals surface area contributed by atoms with E-state index in [1.807, 2.05) is 36.4 Å². The van der Waals surface area contributed by atoms with E-state index in [9.17, 15) is 9.90 Å². The second kappa shape index (κ2) is 7.49. The Labute approximate surface area is 142 Å². The number of methoxy groups -OCH3 is 1. The Morgan fingerprint density at radius 1 is 1.17 bits per heavy atom. The van der Waals surface area contributed by atoms with Crippen LogP contribution < -0.4 is 4.74 Å². The molecule has 1 aliphatic rings. The largest absolute Gasteiger partial charge is 0.496 e. The predicted molar refractivity (Wildman–Crippen MR) is 93.2 cm³/mol. The molecule has 3 rings (SSSR count). The molecule has 1 heterocycles. The molecule has 24 heavy (non-hydrogen) atoms. The van der Waals surface area contributed by atoms with Crippen molar-refractivity contribution < 1.29 is 14.6 Å². The summed E-state index contributed by atoms with van der Waals surface area (Å²) < 4.78 is 5.57. The SMILES string of the molecule is COc1ccccc1C(c1ccccc1)N1CCCC(C(=O)O)C1. The van der Waals surface area contributed by atoms with Crippen LogP contribution in [0.1, 0.15) is 30.0 Å². The molecule has 4 heteroatoms. The molecule has 4 nitrogen and oxygen atoms in total. The summed E-state index contributed by atoms with van der Waals surface area (Å²) in [4.78, 5) is 13.7. The minimum absolute atomic E-state index is 0.00417. The normalized spacial score (nSPS) is 19.6. The van der Waals surface area contributed by atoms with Crippen LogP contribution in [0.4, 0.5) is 0 Å². The molecular formula is C20H23NO3. The molecule has 0 radical (unpaired) electrons. The highest BCUT2D eigenvalue weighted by molar-refractivity contribution is 5.70. The molecule has 0 saturated carbocycles. The van der Waals surface area contributed by atoms with Crippen molar-refractivity contribution in [3.8, 4) is 5.75 Å². The highest BCUT2D eigenvalue weighted by Gasteiger charge is 2.32. The first-order valence-electron chi connectivity index (χ1n) is 8.35. The van der Waals surface area contributed by atoms with Crippen molar-refractivity contribution in [2.45, 2.75) is 18.9 Å². The number of aliphatic carboxylic acids is 1. The first-order valence-corrected chi connectivity index (χ1v) is 8.35. The average Bonchev–Trinajstić information content (AvgIpc) is 2.63. The lowest BCUT2D eigenvalue weighted by molar-refractivity contribution is -0.143. The van der Waals surface area contributed by atoms with Gasteiger partial charge in [0.15, 0.2) is 0 Å². The van der Waals surface area contributed by atoms with Gasteiger partial charge in [0.05, 0.1) is 19.1 Å². The van der Waals surface area contributed by atoms with E-state index in [4.69, 9.17) is 4.74 Å². The number of benzene rings is 2. The Hall–Kier alpha value is -2.33. The summed E-state index contributed by atoms with van der Waals surface area (Å²) in [5.74, 6) is -0.171. The third kappa shape index (κ3) is 3.44. The van der Waals surface area contributed by atoms with Gasteiger partial charge in [0, 0.05) is 12.1 Å². The van der Waals surface area contributed by atoms with E-state index in [2.05, 4.69) is 23.1 Å². The smallest absolute Gasteiger partial charge is 0.307 e. The molecule has 1 N–H and O–H groups in total. The van der Waals surface area contributed by atoms with Gasteiger partial charge in [0.25, 0.3) is 0 Å². The van der Waals surface area contributed by atoms with Gasteiger partial charge in [-0.1, -0.05) is 48.5 Å². The third-order valence-corrected chi connectivity index (χ3v) is 4.72. The molecule has 2 aromatic rings. The van der Waals surface area contributed by atoms with Gasteiger partial charge in [-0.2, -0.15) is 0 Å². The van der Waals surface area contributed by atoms with Crippen LogP contribution in [0.5, 0.6) is 5.75 Å². The standard InChI is InChI=1S/C20H23NO3/c1-24-18-12-6-5-11-17(18)19(15-8-3-2-4-9-15)21-13-7-10-16(14-21)20(22)23/h2-6,8-9,11-12,16,19H,7,10,13-14H2,1H3,(H,22,23). The number of piperidine rings is 1. The summed E-state index contributed by atoms with van der Waals surface area (Å²) in [6.07, 6.45) is 1.65. The zero-order valence-electron chi connectivity index (χ0n) is 13.9. The van der Waals surface area contributed by atoms with Gasteiger partial charge in [0.2, 0.25) is 0 Å². The molecule has 2 atom stereocenters. The van der Waals surface area contributed by atoms with E-state index in [0.29, 0.717) is 6.54 Å². The maximum absolute atomic E-state index is 11.5. The van der Waals surface area contributed by atoms with E-state index in [1.165, 1.54) is 0 Å². The Balaban J connectivity index is 2.01. The zero-order valence-corrected chi connectivity index (χ0v) is 13.9. The van der Waals surface area contributed by atoms with Gasteiger partial charge in [-0.05, 0) is 31.0 Å². The second-order valence-electron chi connectivity index (χ2n) is 6.23. The van der Waals surface area contributed by atoms with Crippen molar-refractivity contribution in [3.63, 3.8) is 0 Å². The van der Waals surface area contributed by atoms with Crippen LogP contribution in [0.15, 0.2) is 54.6 Å². The van der Waals surface area contributed by atoms with Crippen LogP contribution >= 0.6 is 0 Å². The fourth-order valence-electron chi connectivity index (χ4n) is 3.56. The van der Waals surface area contributed by atoms with Gasteiger partial charge in [-0.25, -0.2) is 0 Å². The zero-order chi connectivity index (χ0) is 16.9. The number of hydrogen-bond donors (Lipinski definition) is 1. The van der Waals surface area contributed by atoms with Gasteiger partial charge in [-0.3, -0.25) is 9.69 Å². The minimum Gasteiger partial charge on any atom is -0.496 e. The topological polar surface area (TPSA) is 49.8 Å². The summed E-state index contributed by atoms with van der Waals surface area (Å²) in [6.45, 7) is 1.45. The van der Waals surface area contributed by atoms with E-state index in [0.717, 1.165) is 36.3 Å². The maximum atomic E-state index is 11.5. The van der Waals surface area contributed by atoms with Crippen molar-refractivity contribution in [2.24, 2.45) is 5.92 Å². The van der Waals surface area contributed by atoms with Gasteiger partial charge < -0.3 is 9.84 Å². The van der Waals surface area contributed by atoms with Crippen molar-refractivity contribution in [3.05, 3.63) is 65.7 Å². The molecule has 0 aromatic heterocycles. The molecule has 0 amide bonds. The number of carboxylic acids is 1. The van der Waals surface area contributed by atoms with Crippen LogP contribution in [0.2, 0.25) is 0 Å². The van der Waals surface area contributed by atoms with Gasteiger partial charge in [0.1, 0.15) is 5.75 Å². The molecule has 126 valence electrons. The monoisotopic (exact) mass is 325 g/mol. The highest BCUT2D eigenvalue weighted by atomic mass is 16.5. The third-order valence-electron chi connectivity index (χ3n) is 4.72. The molecule has 1 aliphatic heterocycles. The summed E-state index contributed by atoms with van der Waals surface area (Å²) >= 11 is 0.